The molecule has 0 amide bonds. The predicted molar refractivity (Wildman–Crippen MR) is 147 cm³/mol. The van der Waals surface area contributed by atoms with Crippen molar-refractivity contribution in [3.05, 3.63) is 0 Å². The summed E-state index contributed by atoms with van der Waals surface area (Å²) in [6, 6.07) is 0. The minimum atomic E-state index is -2.84. The van der Waals surface area contributed by atoms with E-state index in [0.717, 1.165) is 0 Å². The largest absolute Gasteiger partial charge is 0.437 e. The molecule has 0 aromatic heterocycles. The Morgan fingerprint density at radius 1 is 0.758 bits per heavy atom. The summed E-state index contributed by atoms with van der Waals surface area (Å²) in [5, 5.41) is 12.7. The van der Waals surface area contributed by atoms with Crippen LogP contribution >= 0.6 is 0 Å². The molecule has 0 fully saturated rings. The summed E-state index contributed by atoms with van der Waals surface area (Å²) < 4.78 is 38.1. The fourth-order valence-electron chi connectivity index (χ4n) is 3.60. The summed E-state index contributed by atoms with van der Waals surface area (Å²) >= 11 is 0. The third kappa shape index (κ3) is 18.6. The van der Waals surface area contributed by atoms with Gasteiger partial charge in [0.2, 0.25) is 0 Å². The summed E-state index contributed by atoms with van der Waals surface area (Å²) in [7, 11) is -11.6. The Balaban J connectivity index is 5.55. The van der Waals surface area contributed by atoms with Gasteiger partial charge < -0.3 is 42.1 Å². The highest BCUT2D eigenvalue weighted by Crippen LogP contribution is 2.26. The molecule has 0 saturated heterocycles. The Kier molecular flexibility index (Phi) is 14.8. The maximum absolute atomic E-state index is 9.34. The summed E-state index contributed by atoms with van der Waals surface area (Å²) in [6.07, 6.45) is 0.494. The van der Waals surface area contributed by atoms with Gasteiger partial charge in [0.05, 0.1) is 32.2 Å². The number of aliphatic hydroxyl groups excluding tert-OH is 1. The topological polar surface area (TPSA) is 114 Å². The maximum Gasteiger partial charge on any atom is 0.344 e. The molecule has 0 radical (unpaired) electrons. The summed E-state index contributed by atoms with van der Waals surface area (Å²) in [6.45, 7) is 25.4. The second-order valence-corrected chi connectivity index (χ2v) is 30.9. The molecule has 33 heavy (non-hydrogen) atoms. The van der Waals surface area contributed by atoms with Gasteiger partial charge in [-0.15, -0.1) is 0 Å². The average molecular weight is 561 g/mol. The highest BCUT2D eigenvalue weighted by atomic mass is 28.5. The highest BCUT2D eigenvalue weighted by Gasteiger charge is 2.49. The lowest BCUT2D eigenvalue weighted by Crippen LogP contribution is -2.65. The molecule has 3 atom stereocenters. The average Bonchev–Trinajstić information content (AvgIpc) is 2.52. The van der Waals surface area contributed by atoms with Crippen LogP contribution in [0.2, 0.25) is 65.5 Å². The number of aliphatic hydroxyl groups is 1. The Morgan fingerprint density at radius 3 is 1.79 bits per heavy atom. The molecule has 14 heteroatoms. The van der Waals surface area contributed by atoms with Crippen molar-refractivity contribution in [1.29, 1.82) is 0 Å². The molecule has 0 aromatic carbocycles. The van der Waals surface area contributed by atoms with Crippen molar-refractivity contribution in [2.45, 2.75) is 78.5 Å². The van der Waals surface area contributed by atoms with Crippen LogP contribution in [0.4, 0.5) is 0 Å². The molecule has 3 unspecified atom stereocenters. The van der Waals surface area contributed by atoms with Crippen molar-refractivity contribution in [1.82, 2.24) is 5.32 Å². The van der Waals surface area contributed by atoms with E-state index in [1.54, 1.807) is 6.92 Å². The van der Waals surface area contributed by atoms with Gasteiger partial charge in [0.15, 0.2) is 16.6 Å². The molecule has 9 nitrogen and oxygen atoms in total. The molecule has 0 aliphatic heterocycles. The summed E-state index contributed by atoms with van der Waals surface area (Å²) in [5.74, 6) is 0. The van der Waals surface area contributed by atoms with Crippen LogP contribution in [0.3, 0.4) is 0 Å². The van der Waals surface area contributed by atoms with Crippen LogP contribution in [0.1, 0.15) is 6.92 Å². The Labute approximate surface area is 208 Å². The van der Waals surface area contributed by atoms with Crippen LogP contribution in [0.15, 0.2) is 0 Å². The molecule has 0 aliphatic carbocycles. The molecule has 4 N–H and O–H groups in total. The Bertz CT molecular complexity index is 550. The van der Waals surface area contributed by atoms with E-state index in [1.807, 2.05) is 6.55 Å². The van der Waals surface area contributed by atoms with Crippen molar-refractivity contribution in [3.8, 4) is 0 Å². The van der Waals surface area contributed by atoms with Crippen molar-refractivity contribution < 1.29 is 31.0 Å². The van der Waals surface area contributed by atoms with Gasteiger partial charge in [0.25, 0.3) is 0 Å². The van der Waals surface area contributed by atoms with Gasteiger partial charge in [0.1, 0.15) is 0 Å². The second-order valence-electron chi connectivity index (χ2n) is 11.2. The van der Waals surface area contributed by atoms with Crippen molar-refractivity contribution >= 4 is 42.3 Å². The highest BCUT2D eigenvalue weighted by molar-refractivity contribution is 6.91. The van der Waals surface area contributed by atoms with Gasteiger partial charge >= 0.3 is 25.7 Å². The van der Waals surface area contributed by atoms with E-state index >= 15 is 0 Å². The molecular weight excluding hydrogens is 509 g/mol. The zero-order valence-corrected chi connectivity index (χ0v) is 28.0. The number of nitrogens with one attached hydrogen (secondary N) is 1. The number of hydrogen-bond acceptors (Lipinski definition) is 9. The molecule has 0 rings (SSSR count). The van der Waals surface area contributed by atoms with E-state index in [4.69, 9.17) is 31.7 Å². The van der Waals surface area contributed by atoms with E-state index < -0.39 is 48.4 Å². The fourth-order valence-corrected chi connectivity index (χ4v) is 26.3. The van der Waals surface area contributed by atoms with Gasteiger partial charge in [-0.05, 0) is 72.4 Å². The first-order valence-corrected chi connectivity index (χ1v) is 26.5. The molecule has 0 spiro atoms. The smallest absolute Gasteiger partial charge is 0.344 e. The van der Waals surface area contributed by atoms with Crippen LogP contribution < -0.4 is 11.1 Å². The van der Waals surface area contributed by atoms with Gasteiger partial charge in [-0.3, -0.25) is 0 Å². The monoisotopic (exact) mass is 560 g/mol. The number of ether oxygens (including phenoxy) is 2. The second kappa shape index (κ2) is 14.5. The molecule has 0 aliphatic rings. The van der Waals surface area contributed by atoms with Crippen LogP contribution in [-0.4, -0.2) is 98.8 Å². The first-order chi connectivity index (χ1) is 14.8. The van der Waals surface area contributed by atoms with Gasteiger partial charge in [-0.25, -0.2) is 0 Å². The molecule has 0 saturated carbocycles. The Morgan fingerprint density at radius 2 is 1.30 bits per heavy atom. The lowest BCUT2D eigenvalue weighted by molar-refractivity contribution is 0.0134. The van der Waals surface area contributed by atoms with Crippen LogP contribution in [0.25, 0.3) is 0 Å². The van der Waals surface area contributed by atoms with E-state index in [-0.39, 0.29) is 6.61 Å². The van der Waals surface area contributed by atoms with E-state index in [9.17, 15) is 5.11 Å². The standard InChI is InChI=1S/C19H52N2O7Si5/c1-19(22)16-23-14-15-24-18-33(11,27-31(8,9)25-29(2,3)4)28-32(10,17-21-13-12-20)26-30(5,6)7/h19,21-22H,12-18,20H2,1-11H3. The quantitative estimate of drug-likeness (QED) is 0.162. The maximum atomic E-state index is 9.34. The molecule has 0 bridgehead atoms. The van der Waals surface area contributed by atoms with E-state index in [1.165, 1.54) is 0 Å². The SMILES string of the molecule is CC(O)COCCOC[Si](C)(O[Si](C)(C)O[Si](C)(C)C)O[Si](C)(CNCCN)O[Si](C)(C)C. The van der Waals surface area contributed by atoms with Crippen molar-refractivity contribution in [2.75, 3.05) is 45.3 Å². The number of nitrogens with two attached hydrogens (primary N) is 1. The first-order valence-electron chi connectivity index (χ1n) is 11.9. The first kappa shape index (κ1) is 33.7. The number of hydrogen-bond donors (Lipinski definition) is 3. The number of rotatable bonds is 19. The zero-order chi connectivity index (χ0) is 26.0. The lowest BCUT2D eigenvalue weighted by atomic mass is 10.4. The van der Waals surface area contributed by atoms with Gasteiger partial charge in [-0.2, -0.15) is 0 Å². The summed E-state index contributed by atoms with van der Waals surface area (Å²) in [4.78, 5) is 0. The van der Waals surface area contributed by atoms with E-state index in [2.05, 4.69) is 64.2 Å². The van der Waals surface area contributed by atoms with E-state index in [0.29, 0.717) is 38.7 Å². The normalized spacial score (nSPS) is 18.1. The Hall–Kier alpha value is 0.724. The van der Waals surface area contributed by atoms with Gasteiger partial charge in [0, 0.05) is 19.3 Å². The fraction of sp³-hybridized carbons (Fsp3) is 1.00. The molecule has 0 heterocycles. The lowest BCUT2D eigenvalue weighted by Gasteiger charge is -2.43. The molecule has 0 aromatic rings. The minimum absolute atomic E-state index is 0.289. The molecule has 200 valence electrons. The van der Waals surface area contributed by atoms with Crippen LogP contribution in [-0.2, 0) is 25.9 Å². The minimum Gasteiger partial charge on any atom is -0.437 e. The molecular formula is C19H52N2O7Si5. The van der Waals surface area contributed by atoms with Crippen LogP contribution in [0.5, 0.6) is 0 Å². The summed E-state index contributed by atoms with van der Waals surface area (Å²) in [5.41, 5.74) is 5.69. The van der Waals surface area contributed by atoms with Crippen LogP contribution in [0, 0.1) is 0 Å². The van der Waals surface area contributed by atoms with Crippen molar-refractivity contribution in [2.24, 2.45) is 5.73 Å². The van der Waals surface area contributed by atoms with Crippen molar-refractivity contribution in [3.63, 3.8) is 0 Å². The third-order valence-corrected chi connectivity index (χ3v) is 21.2. The third-order valence-electron chi connectivity index (χ3n) is 3.83. The van der Waals surface area contributed by atoms with Gasteiger partial charge in [-0.1, -0.05) is 0 Å². The zero-order valence-electron chi connectivity index (χ0n) is 23.0. The predicted octanol–water partition coefficient (Wildman–Crippen LogP) is 2.61.